The zero-order valence-electron chi connectivity index (χ0n) is 12.0. The number of hydrogen-bond donors (Lipinski definition) is 4. The Morgan fingerprint density at radius 1 is 1.24 bits per heavy atom. The summed E-state index contributed by atoms with van der Waals surface area (Å²) in [4.78, 5) is 22.2. The molecule has 2 fully saturated rings. The number of aliphatic hydroxyl groups is 1. The van der Waals surface area contributed by atoms with Gasteiger partial charge in [-0.05, 0) is 37.5 Å². The van der Waals surface area contributed by atoms with Gasteiger partial charge in [0.25, 0.3) is 0 Å². The molecule has 5 N–H and O–H groups in total. The van der Waals surface area contributed by atoms with E-state index in [1.165, 1.54) is 25.7 Å². The highest BCUT2D eigenvalue weighted by atomic mass is 16.5. The van der Waals surface area contributed by atoms with Gasteiger partial charge in [-0.25, -0.2) is 0 Å². The van der Waals surface area contributed by atoms with Crippen LogP contribution in [0, 0.1) is 11.8 Å². The van der Waals surface area contributed by atoms with E-state index in [9.17, 15) is 14.7 Å². The van der Waals surface area contributed by atoms with E-state index >= 15 is 0 Å². The van der Waals surface area contributed by atoms with Gasteiger partial charge in [0, 0.05) is 0 Å². The van der Waals surface area contributed by atoms with Crippen molar-refractivity contribution in [1.82, 2.24) is 5.32 Å². The smallest absolute Gasteiger partial charge is 0.305 e. The van der Waals surface area contributed by atoms with E-state index in [0.717, 1.165) is 0 Å². The van der Waals surface area contributed by atoms with E-state index in [0.29, 0.717) is 11.8 Å². The molecule has 2 saturated carbocycles. The summed E-state index contributed by atoms with van der Waals surface area (Å²) in [7, 11) is 0. The topological polar surface area (TPSA) is 122 Å². The number of rotatable bonds is 10. The number of carbonyl (C=O) groups excluding carboxylic acids is 1. The number of carboxylic acid groups (broad SMARTS) is 1. The second kappa shape index (κ2) is 7.20. The van der Waals surface area contributed by atoms with E-state index in [1.54, 1.807) is 0 Å². The molecular weight excluding hydrogens is 276 g/mol. The maximum absolute atomic E-state index is 11.7. The standard InChI is InChI=1S/C14H24N2O5/c15-11(5-12(18)19)14(20)16-10(6-17)7-21-13(8-1-2-8)9-3-4-9/h8-11,13,17H,1-7,15H2,(H,16,20)(H,18,19)/t10?,11-/m0/s1. The molecule has 2 aliphatic rings. The number of nitrogens with one attached hydrogen (secondary N) is 1. The molecule has 1 unspecified atom stereocenters. The van der Waals surface area contributed by atoms with Crippen molar-refractivity contribution < 1.29 is 24.5 Å². The Balaban J connectivity index is 1.73. The lowest BCUT2D eigenvalue weighted by Crippen LogP contribution is -2.49. The summed E-state index contributed by atoms with van der Waals surface area (Å²) in [5.74, 6) is -0.449. The first-order chi connectivity index (χ1) is 10.0. The molecule has 0 spiro atoms. The molecule has 0 aliphatic heterocycles. The minimum absolute atomic E-state index is 0.236. The first kappa shape index (κ1) is 16.2. The first-order valence-electron chi connectivity index (χ1n) is 7.51. The molecular formula is C14H24N2O5. The molecule has 0 saturated heterocycles. The Labute approximate surface area is 123 Å². The second-order valence-electron chi connectivity index (χ2n) is 6.07. The summed E-state index contributed by atoms with van der Waals surface area (Å²) in [6, 6.07) is -1.66. The van der Waals surface area contributed by atoms with E-state index in [2.05, 4.69) is 5.32 Å². The fourth-order valence-electron chi connectivity index (χ4n) is 2.46. The Morgan fingerprint density at radius 3 is 2.24 bits per heavy atom. The van der Waals surface area contributed by atoms with Crippen LogP contribution in [0.15, 0.2) is 0 Å². The molecule has 2 atom stereocenters. The fraction of sp³-hybridized carbons (Fsp3) is 0.857. The SMILES string of the molecule is N[C@@H](CC(=O)O)C(=O)NC(CO)COC(C1CC1)C1CC1. The molecule has 21 heavy (non-hydrogen) atoms. The molecule has 120 valence electrons. The highest BCUT2D eigenvalue weighted by Crippen LogP contribution is 2.46. The maximum Gasteiger partial charge on any atom is 0.305 e. The summed E-state index contributed by atoms with van der Waals surface area (Å²) in [6.07, 6.45) is 4.59. The maximum atomic E-state index is 11.7. The van der Waals surface area contributed by atoms with Gasteiger partial charge in [0.05, 0.1) is 37.8 Å². The minimum Gasteiger partial charge on any atom is -0.481 e. The molecule has 7 nitrogen and oxygen atoms in total. The van der Waals surface area contributed by atoms with Crippen molar-refractivity contribution >= 4 is 11.9 Å². The lowest BCUT2D eigenvalue weighted by atomic mass is 10.1. The molecule has 2 aliphatic carbocycles. The van der Waals surface area contributed by atoms with E-state index in [1.807, 2.05) is 0 Å². The molecule has 0 aromatic heterocycles. The Hall–Kier alpha value is -1.18. The van der Waals surface area contributed by atoms with Crippen LogP contribution < -0.4 is 11.1 Å². The zero-order valence-corrected chi connectivity index (χ0v) is 12.0. The van der Waals surface area contributed by atoms with Crippen molar-refractivity contribution in [3.8, 4) is 0 Å². The summed E-state index contributed by atoms with van der Waals surface area (Å²) in [5, 5.41) is 20.5. The van der Waals surface area contributed by atoms with Crippen molar-refractivity contribution in [3.05, 3.63) is 0 Å². The highest BCUT2D eigenvalue weighted by Gasteiger charge is 2.42. The molecule has 0 bridgehead atoms. The largest absolute Gasteiger partial charge is 0.481 e. The molecule has 0 aromatic carbocycles. The third-order valence-electron chi connectivity index (χ3n) is 3.96. The van der Waals surface area contributed by atoms with Crippen LogP contribution in [0.2, 0.25) is 0 Å². The predicted molar refractivity (Wildman–Crippen MR) is 74.4 cm³/mol. The van der Waals surface area contributed by atoms with Crippen molar-refractivity contribution in [3.63, 3.8) is 0 Å². The van der Waals surface area contributed by atoms with Crippen LogP contribution in [0.3, 0.4) is 0 Å². The lowest BCUT2D eigenvalue weighted by molar-refractivity contribution is -0.139. The second-order valence-corrected chi connectivity index (χ2v) is 6.07. The van der Waals surface area contributed by atoms with Gasteiger partial charge in [-0.2, -0.15) is 0 Å². The van der Waals surface area contributed by atoms with Crippen molar-refractivity contribution in [1.29, 1.82) is 0 Å². The Kier molecular flexibility index (Phi) is 5.55. The molecule has 2 rings (SSSR count). The fourth-order valence-corrected chi connectivity index (χ4v) is 2.46. The number of aliphatic carboxylic acids is 1. The van der Waals surface area contributed by atoms with Crippen LogP contribution in [0.5, 0.6) is 0 Å². The molecule has 0 radical (unpaired) electrons. The van der Waals surface area contributed by atoms with Crippen molar-refractivity contribution in [2.45, 2.75) is 50.3 Å². The summed E-state index contributed by atoms with van der Waals surface area (Å²) < 4.78 is 5.87. The number of amides is 1. The van der Waals surface area contributed by atoms with Gasteiger partial charge in [-0.3, -0.25) is 9.59 Å². The molecule has 7 heteroatoms. The normalized spacial score (nSPS) is 21.1. The lowest BCUT2D eigenvalue weighted by Gasteiger charge is -2.23. The van der Waals surface area contributed by atoms with Crippen LogP contribution in [0.25, 0.3) is 0 Å². The number of hydrogen-bond acceptors (Lipinski definition) is 5. The predicted octanol–water partition coefficient (Wildman–Crippen LogP) is -0.529. The Bertz CT molecular complexity index is 370. The average Bonchev–Trinajstić information content (AvgIpc) is 3.28. The van der Waals surface area contributed by atoms with Gasteiger partial charge in [0.1, 0.15) is 0 Å². The van der Waals surface area contributed by atoms with Crippen LogP contribution in [0.4, 0.5) is 0 Å². The van der Waals surface area contributed by atoms with Crippen LogP contribution >= 0.6 is 0 Å². The van der Waals surface area contributed by atoms with E-state index < -0.39 is 30.4 Å². The summed E-state index contributed by atoms with van der Waals surface area (Å²) in [6.45, 7) is -0.0206. The van der Waals surface area contributed by atoms with Gasteiger partial charge in [-0.1, -0.05) is 0 Å². The van der Waals surface area contributed by atoms with Gasteiger partial charge in [0.2, 0.25) is 5.91 Å². The summed E-state index contributed by atoms with van der Waals surface area (Å²) >= 11 is 0. The number of ether oxygens (including phenoxy) is 1. The van der Waals surface area contributed by atoms with E-state index in [-0.39, 0.29) is 19.3 Å². The number of carbonyl (C=O) groups is 2. The third-order valence-corrected chi connectivity index (χ3v) is 3.96. The first-order valence-corrected chi connectivity index (χ1v) is 7.51. The van der Waals surface area contributed by atoms with Gasteiger partial charge >= 0.3 is 5.97 Å². The monoisotopic (exact) mass is 300 g/mol. The van der Waals surface area contributed by atoms with Crippen molar-refractivity contribution in [2.75, 3.05) is 13.2 Å². The summed E-state index contributed by atoms with van der Waals surface area (Å²) in [5.41, 5.74) is 5.48. The van der Waals surface area contributed by atoms with Crippen LogP contribution in [0.1, 0.15) is 32.1 Å². The van der Waals surface area contributed by atoms with E-state index in [4.69, 9.17) is 15.6 Å². The molecule has 0 heterocycles. The number of carboxylic acids is 1. The minimum atomic E-state index is -1.13. The molecule has 0 aromatic rings. The number of aliphatic hydroxyl groups excluding tert-OH is 1. The zero-order chi connectivity index (χ0) is 15.4. The van der Waals surface area contributed by atoms with Gasteiger partial charge in [-0.15, -0.1) is 0 Å². The van der Waals surface area contributed by atoms with Gasteiger partial charge < -0.3 is 26.0 Å². The Morgan fingerprint density at radius 2 is 1.81 bits per heavy atom. The average molecular weight is 300 g/mol. The van der Waals surface area contributed by atoms with Gasteiger partial charge in [0.15, 0.2) is 0 Å². The van der Waals surface area contributed by atoms with Crippen molar-refractivity contribution in [2.24, 2.45) is 17.6 Å². The quantitative estimate of drug-likeness (QED) is 0.430. The van der Waals surface area contributed by atoms with Crippen LogP contribution in [-0.2, 0) is 14.3 Å². The number of nitrogens with two attached hydrogens (primary N) is 1. The third kappa shape index (κ3) is 5.26. The van der Waals surface area contributed by atoms with Crippen LogP contribution in [-0.4, -0.2) is 53.5 Å². The highest BCUT2D eigenvalue weighted by molar-refractivity contribution is 5.86. The molecule has 1 amide bonds.